The zero-order valence-electron chi connectivity index (χ0n) is 14.3. The maximum absolute atomic E-state index is 6.18. The van der Waals surface area contributed by atoms with Gasteiger partial charge in [-0.1, -0.05) is 29.8 Å². The van der Waals surface area contributed by atoms with Gasteiger partial charge in [-0.3, -0.25) is 0 Å². The first kappa shape index (κ1) is 17.2. The molecule has 4 nitrogen and oxygen atoms in total. The number of nitrogens with zero attached hydrogens (tertiary/aromatic N) is 2. The van der Waals surface area contributed by atoms with Gasteiger partial charge in [0.2, 0.25) is 5.28 Å². The number of ether oxygens (including phenoxy) is 1. The van der Waals surface area contributed by atoms with E-state index in [-0.39, 0.29) is 0 Å². The van der Waals surface area contributed by atoms with Gasteiger partial charge in [0.15, 0.2) is 0 Å². The van der Waals surface area contributed by atoms with E-state index in [1.165, 1.54) is 16.7 Å². The lowest BCUT2D eigenvalue weighted by atomic mass is 9.96. The Morgan fingerprint density at radius 1 is 1.25 bits per heavy atom. The third-order valence-corrected chi connectivity index (χ3v) is 4.64. The van der Waals surface area contributed by atoms with Gasteiger partial charge in [-0.25, -0.2) is 9.97 Å². The third kappa shape index (κ3) is 3.87. The highest BCUT2D eigenvalue weighted by atomic mass is 35.5. The Kier molecular flexibility index (Phi) is 5.69. The maximum Gasteiger partial charge on any atom is 0.224 e. The molecular weight excluding hydrogens is 322 g/mol. The van der Waals surface area contributed by atoms with Crippen LogP contribution in [0.4, 0.5) is 5.82 Å². The van der Waals surface area contributed by atoms with Crippen LogP contribution in [-0.2, 0) is 11.2 Å². The van der Waals surface area contributed by atoms with Gasteiger partial charge in [0.1, 0.15) is 5.82 Å². The molecule has 128 valence electrons. The maximum atomic E-state index is 6.18. The van der Waals surface area contributed by atoms with E-state index >= 15 is 0 Å². The molecule has 1 aliphatic carbocycles. The summed E-state index contributed by atoms with van der Waals surface area (Å²) in [6.07, 6.45) is 2.99. The van der Waals surface area contributed by atoms with Crippen LogP contribution in [0.2, 0.25) is 5.28 Å². The summed E-state index contributed by atoms with van der Waals surface area (Å²) < 4.78 is 5.37. The molecule has 1 aromatic carbocycles. The molecule has 1 aliphatic rings. The molecule has 1 atom stereocenters. The fourth-order valence-electron chi connectivity index (χ4n) is 3.23. The zero-order chi connectivity index (χ0) is 16.9. The number of hydrogen-bond acceptors (Lipinski definition) is 4. The van der Waals surface area contributed by atoms with Crippen molar-refractivity contribution in [2.75, 3.05) is 25.1 Å². The fourth-order valence-corrected chi connectivity index (χ4v) is 3.40. The number of anilines is 1. The summed E-state index contributed by atoms with van der Waals surface area (Å²) >= 11 is 6.18. The second kappa shape index (κ2) is 7.95. The second-order valence-corrected chi connectivity index (χ2v) is 6.52. The number of aryl methyl sites for hydroxylation is 1. The van der Waals surface area contributed by atoms with Gasteiger partial charge in [-0.2, -0.15) is 0 Å². The predicted octanol–water partition coefficient (Wildman–Crippen LogP) is 4.36. The van der Waals surface area contributed by atoms with Crippen LogP contribution in [-0.4, -0.2) is 29.7 Å². The normalized spacial score (nSPS) is 16.2. The Labute approximate surface area is 148 Å². The predicted molar refractivity (Wildman–Crippen MR) is 98.0 cm³/mol. The number of halogens is 1. The van der Waals surface area contributed by atoms with Crippen LogP contribution < -0.4 is 5.32 Å². The summed E-state index contributed by atoms with van der Waals surface area (Å²) in [6, 6.07) is 8.70. The van der Waals surface area contributed by atoms with Crippen LogP contribution in [0.3, 0.4) is 0 Å². The lowest BCUT2D eigenvalue weighted by Gasteiger charge is -2.14. The molecule has 0 amide bonds. The minimum Gasteiger partial charge on any atom is -0.382 e. The quantitative estimate of drug-likeness (QED) is 0.598. The van der Waals surface area contributed by atoms with E-state index in [0.717, 1.165) is 50.5 Å². The van der Waals surface area contributed by atoms with E-state index in [1.54, 1.807) is 0 Å². The monoisotopic (exact) mass is 345 g/mol. The molecule has 3 rings (SSSR count). The van der Waals surface area contributed by atoms with Crippen molar-refractivity contribution in [2.24, 2.45) is 0 Å². The summed E-state index contributed by atoms with van der Waals surface area (Å²) in [4.78, 5) is 8.95. The summed E-state index contributed by atoms with van der Waals surface area (Å²) in [6.45, 7) is 6.46. The van der Waals surface area contributed by atoms with Crippen molar-refractivity contribution >= 4 is 17.4 Å². The molecule has 0 spiro atoms. The highest BCUT2D eigenvalue weighted by molar-refractivity contribution is 6.28. The minimum absolute atomic E-state index is 0.310. The fraction of sp³-hybridized carbons (Fsp3) is 0.474. The lowest BCUT2D eigenvalue weighted by Crippen LogP contribution is -2.10. The SMILES string of the molecule is CCOCCCNc1nc(Cl)nc2c1CCC2c1ccc(C)cc1. The molecule has 0 fully saturated rings. The average Bonchev–Trinajstić information content (AvgIpc) is 2.99. The second-order valence-electron chi connectivity index (χ2n) is 6.18. The zero-order valence-corrected chi connectivity index (χ0v) is 15.1. The minimum atomic E-state index is 0.310. The summed E-state index contributed by atoms with van der Waals surface area (Å²) in [7, 11) is 0. The molecule has 2 aromatic rings. The molecule has 0 aliphatic heterocycles. The largest absolute Gasteiger partial charge is 0.382 e. The molecule has 1 heterocycles. The Hall–Kier alpha value is -1.65. The molecule has 1 aromatic heterocycles. The number of nitrogens with one attached hydrogen (secondary N) is 1. The van der Waals surface area contributed by atoms with Crippen molar-refractivity contribution in [3.8, 4) is 0 Å². The summed E-state index contributed by atoms with van der Waals surface area (Å²) in [5.74, 6) is 1.20. The van der Waals surface area contributed by atoms with Crippen LogP contribution in [0.15, 0.2) is 24.3 Å². The number of rotatable bonds is 7. The van der Waals surface area contributed by atoms with Gasteiger partial charge in [-0.05, 0) is 50.3 Å². The molecule has 0 bridgehead atoms. The van der Waals surface area contributed by atoms with E-state index in [1.807, 2.05) is 6.92 Å². The van der Waals surface area contributed by atoms with Gasteiger partial charge < -0.3 is 10.1 Å². The van der Waals surface area contributed by atoms with Crippen molar-refractivity contribution in [3.63, 3.8) is 0 Å². The number of hydrogen-bond donors (Lipinski definition) is 1. The van der Waals surface area contributed by atoms with Crippen molar-refractivity contribution in [2.45, 2.75) is 39.0 Å². The number of benzene rings is 1. The van der Waals surface area contributed by atoms with Crippen LogP contribution >= 0.6 is 11.6 Å². The molecule has 0 saturated heterocycles. The van der Waals surface area contributed by atoms with Gasteiger partial charge >= 0.3 is 0 Å². The smallest absolute Gasteiger partial charge is 0.224 e. The Morgan fingerprint density at radius 3 is 2.79 bits per heavy atom. The van der Waals surface area contributed by atoms with Gasteiger partial charge in [-0.15, -0.1) is 0 Å². The van der Waals surface area contributed by atoms with E-state index in [9.17, 15) is 0 Å². The first-order chi connectivity index (χ1) is 11.7. The Morgan fingerprint density at radius 2 is 2.04 bits per heavy atom. The Bertz CT molecular complexity index is 688. The van der Waals surface area contributed by atoms with Crippen LogP contribution in [0.5, 0.6) is 0 Å². The highest BCUT2D eigenvalue weighted by Crippen LogP contribution is 2.40. The highest BCUT2D eigenvalue weighted by Gasteiger charge is 2.29. The van der Waals surface area contributed by atoms with Gasteiger partial charge in [0.25, 0.3) is 0 Å². The first-order valence-electron chi connectivity index (χ1n) is 8.63. The topological polar surface area (TPSA) is 47.0 Å². The van der Waals surface area contributed by atoms with E-state index in [2.05, 4.69) is 46.5 Å². The van der Waals surface area contributed by atoms with E-state index in [0.29, 0.717) is 11.2 Å². The van der Waals surface area contributed by atoms with Crippen molar-refractivity contribution in [3.05, 3.63) is 51.9 Å². The summed E-state index contributed by atoms with van der Waals surface area (Å²) in [5, 5.41) is 3.73. The number of aromatic nitrogens is 2. The third-order valence-electron chi connectivity index (χ3n) is 4.47. The average molecular weight is 346 g/mol. The van der Waals surface area contributed by atoms with Crippen molar-refractivity contribution in [1.82, 2.24) is 9.97 Å². The molecular formula is C19H24ClN3O. The standard InChI is InChI=1S/C19H24ClN3O/c1-3-24-12-4-11-21-18-16-10-9-15(17(16)22-19(20)23-18)14-7-5-13(2)6-8-14/h5-8,15H,3-4,9-12H2,1-2H3,(H,21,22,23). The molecule has 5 heteroatoms. The molecule has 24 heavy (non-hydrogen) atoms. The summed E-state index contributed by atoms with van der Waals surface area (Å²) in [5.41, 5.74) is 4.86. The van der Waals surface area contributed by atoms with Crippen molar-refractivity contribution in [1.29, 1.82) is 0 Å². The molecule has 0 saturated carbocycles. The first-order valence-corrected chi connectivity index (χ1v) is 9.01. The molecule has 0 radical (unpaired) electrons. The van der Waals surface area contributed by atoms with Gasteiger partial charge in [0.05, 0.1) is 5.69 Å². The van der Waals surface area contributed by atoms with Crippen molar-refractivity contribution < 1.29 is 4.74 Å². The van der Waals surface area contributed by atoms with Crippen LogP contribution in [0.1, 0.15) is 48.1 Å². The van der Waals surface area contributed by atoms with Gasteiger partial charge in [0, 0.05) is 31.2 Å². The van der Waals surface area contributed by atoms with Crippen LogP contribution in [0.25, 0.3) is 0 Å². The number of fused-ring (bicyclic) bond motifs is 1. The lowest BCUT2D eigenvalue weighted by molar-refractivity contribution is 0.147. The van der Waals surface area contributed by atoms with E-state index in [4.69, 9.17) is 16.3 Å². The molecule has 1 N–H and O–H groups in total. The molecule has 1 unspecified atom stereocenters. The van der Waals surface area contributed by atoms with E-state index < -0.39 is 0 Å². The van der Waals surface area contributed by atoms with Crippen LogP contribution in [0, 0.1) is 6.92 Å². The Balaban J connectivity index is 1.77.